The van der Waals surface area contributed by atoms with Crippen LogP contribution in [0.25, 0.3) is 0 Å². The van der Waals surface area contributed by atoms with E-state index in [9.17, 15) is 0 Å². The highest BCUT2D eigenvalue weighted by Gasteiger charge is 2.21. The largest absolute Gasteiger partial charge is 0.330 e. The second-order valence-corrected chi connectivity index (χ2v) is 5.13. The molecule has 0 fully saturated rings. The van der Waals surface area contributed by atoms with Gasteiger partial charge in [-0.3, -0.25) is 0 Å². The molecule has 2 N–H and O–H groups in total. The van der Waals surface area contributed by atoms with Gasteiger partial charge in [0.05, 0.1) is 0 Å². The van der Waals surface area contributed by atoms with E-state index in [2.05, 4.69) is 39.6 Å². The highest BCUT2D eigenvalue weighted by Crippen LogP contribution is 2.18. The minimum Gasteiger partial charge on any atom is -0.330 e. The average Bonchev–Trinajstić information content (AvgIpc) is 2.13. The van der Waals surface area contributed by atoms with Gasteiger partial charge in [0.1, 0.15) is 0 Å². The van der Waals surface area contributed by atoms with E-state index < -0.39 is 0 Å². The first-order chi connectivity index (χ1) is 6.46. The van der Waals surface area contributed by atoms with Crippen LogP contribution in [0.2, 0.25) is 0 Å². The van der Waals surface area contributed by atoms with Crippen molar-refractivity contribution in [2.45, 2.75) is 53.0 Å². The summed E-state index contributed by atoms with van der Waals surface area (Å²) in [6, 6.07) is 0.728. The zero-order chi connectivity index (χ0) is 11.2. The zero-order valence-corrected chi connectivity index (χ0v) is 10.6. The monoisotopic (exact) mass is 200 g/mol. The lowest BCUT2D eigenvalue weighted by molar-refractivity contribution is 0.153. The van der Waals surface area contributed by atoms with Gasteiger partial charge in [0.2, 0.25) is 0 Å². The molecular weight excluding hydrogens is 172 g/mol. The van der Waals surface area contributed by atoms with Gasteiger partial charge in [-0.2, -0.15) is 0 Å². The number of rotatable bonds is 7. The Hall–Kier alpha value is -0.0800. The minimum absolute atomic E-state index is 0.246. The molecule has 0 saturated heterocycles. The second-order valence-electron chi connectivity index (χ2n) is 5.13. The maximum absolute atomic E-state index is 5.74. The summed E-state index contributed by atoms with van der Waals surface area (Å²) in [5.41, 5.74) is 5.99. The molecule has 0 amide bonds. The van der Waals surface area contributed by atoms with Crippen molar-refractivity contribution in [3.63, 3.8) is 0 Å². The molecule has 0 aliphatic carbocycles. The topological polar surface area (TPSA) is 29.3 Å². The van der Waals surface area contributed by atoms with E-state index in [0.29, 0.717) is 0 Å². The van der Waals surface area contributed by atoms with Gasteiger partial charge in [-0.1, -0.05) is 34.1 Å². The Morgan fingerprint density at radius 3 is 2.21 bits per heavy atom. The second kappa shape index (κ2) is 6.41. The Balaban J connectivity index is 4.09. The standard InChI is InChI=1S/C12H28N2/c1-6-8-11(7-2)14(5)10-12(3,4)9-13/h11H,6-10,13H2,1-5H3. The van der Waals surface area contributed by atoms with Crippen molar-refractivity contribution in [1.29, 1.82) is 0 Å². The maximum atomic E-state index is 5.74. The minimum atomic E-state index is 0.246. The fourth-order valence-corrected chi connectivity index (χ4v) is 1.94. The van der Waals surface area contributed by atoms with Crippen LogP contribution in [0.3, 0.4) is 0 Å². The Kier molecular flexibility index (Phi) is 6.38. The quantitative estimate of drug-likeness (QED) is 0.684. The Bertz CT molecular complexity index is 143. The summed E-state index contributed by atoms with van der Waals surface area (Å²) in [6.07, 6.45) is 3.81. The maximum Gasteiger partial charge on any atom is 0.00897 e. The number of nitrogens with two attached hydrogens (primary N) is 1. The molecule has 0 aliphatic rings. The van der Waals surface area contributed by atoms with Gasteiger partial charge in [0.25, 0.3) is 0 Å². The van der Waals surface area contributed by atoms with E-state index in [1.54, 1.807) is 0 Å². The zero-order valence-electron chi connectivity index (χ0n) is 10.6. The average molecular weight is 200 g/mol. The molecular formula is C12H28N2. The molecule has 14 heavy (non-hydrogen) atoms. The van der Waals surface area contributed by atoms with Crippen LogP contribution in [0.15, 0.2) is 0 Å². The lowest BCUT2D eigenvalue weighted by Crippen LogP contribution is -2.41. The molecule has 0 aromatic heterocycles. The third-order valence-electron chi connectivity index (χ3n) is 2.95. The first-order valence-electron chi connectivity index (χ1n) is 5.87. The summed E-state index contributed by atoms with van der Waals surface area (Å²) in [5, 5.41) is 0. The van der Waals surface area contributed by atoms with E-state index in [1.165, 1.54) is 19.3 Å². The highest BCUT2D eigenvalue weighted by atomic mass is 15.1. The summed E-state index contributed by atoms with van der Waals surface area (Å²) in [4.78, 5) is 2.47. The molecule has 0 heterocycles. The Morgan fingerprint density at radius 1 is 1.29 bits per heavy atom. The van der Waals surface area contributed by atoms with E-state index in [1.807, 2.05) is 0 Å². The molecule has 0 rings (SSSR count). The summed E-state index contributed by atoms with van der Waals surface area (Å²) in [7, 11) is 2.22. The van der Waals surface area contributed by atoms with Gasteiger partial charge in [-0.05, 0) is 31.8 Å². The van der Waals surface area contributed by atoms with Crippen LogP contribution in [0.1, 0.15) is 47.0 Å². The first kappa shape index (κ1) is 13.9. The predicted molar refractivity (Wildman–Crippen MR) is 64.5 cm³/mol. The van der Waals surface area contributed by atoms with Gasteiger partial charge in [-0.15, -0.1) is 0 Å². The lowest BCUT2D eigenvalue weighted by atomic mass is 9.92. The van der Waals surface area contributed by atoms with Crippen molar-refractivity contribution in [3.05, 3.63) is 0 Å². The highest BCUT2D eigenvalue weighted by molar-refractivity contribution is 4.76. The van der Waals surface area contributed by atoms with Crippen LogP contribution in [0.5, 0.6) is 0 Å². The van der Waals surface area contributed by atoms with Gasteiger partial charge in [-0.25, -0.2) is 0 Å². The summed E-state index contributed by atoms with van der Waals surface area (Å²) in [5.74, 6) is 0. The van der Waals surface area contributed by atoms with Crippen molar-refractivity contribution >= 4 is 0 Å². The fourth-order valence-electron chi connectivity index (χ4n) is 1.94. The van der Waals surface area contributed by atoms with Crippen LogP contribution < -0.4 is 5.73 Å². The molecule has 86 valence electrons. The Labute approximate surface area is 89.9 Å². The molecule has 0 bridgehead atoms. The lowest BCUT2D eigenvalue weighted by Gasteiger charge is -2.34. The van der Waals surface area contributed by atoms with E-state index in [-0.39, 0.29) is 5.41 Å². The molecule has 0 aliphatic heterocycles. The van der Waals surface area contributed by atoms with Crippen molar-refractivity contribution in [1.82, 2.24) is 4.90 Å². The van der Waals surface area contributed by atoms with Gasteiger partial charge in [0, 0.05) is 12.6 Å². The molecule has 1 atom stereocenters. The fraction of sp³-hybridized carbons (Fsp3) is 1.00. The molecule has 0 aromatic carbocycles. The van der Waals surface area contributed by atoms with E-state index >= 15 is 0 Å². The first-order valence-corrected chi connectivity index (χ1v) is 5.87. The molecule has 2 nitrogen and oxygen atoms in total. The van der Waals surface area contributed by atoms with Gasteiger partial charge < -0.3 is 10.6 Å². The summed E-state index contributed by atoms with van der Waals surface area (Å²) in [6.45, 7) is 10.9. The van der Waals surface area contributed by atoms with Crippen LogP contribution in [0, 0.1) is 5.41 Å². The number of hydrogen-bond acceptors (Lipinski definition) is 2. The summed E-state index contributed by atoms with van der Waals surface area (Å²) < 4.78 is 0. The van der Waals surface area contributed by atoms with E-state index in [4.69, 9.17) is 5.73 Å². The molecule has 2 heteroatoms. The third-order valence-corrected chi connectivity index (χ3v) is 2.95. The molecule has 1 unspecified atom stereocenters. The summed E-state index contributed by atoms with van der Waals surface area (Å²) >= 11 is 0. The van der Waals surface area contributed by atoms with Crippen molar-refractivity contribution < 1.29 is 0 Å². The van der Waals surface area contributed by atoms with Crippen LogP contribution in [0.4, 0.5) is 0 Å². The van der Waals surface area contributed by atoms with Crippen molar-refractivity contribution in [3.8, 4) is 0 Å². The van der Waals surface area contributed by atoms with Crippen LogP contribution in [-0.4, -0.2) is 31.1 Å². The number of hydrogen-bond donors (Lipinski definition) is 1. The molecule has 0 radical (unpaired) electrons. The normalized spacial score (nSPS) is 14.8. The van der Waals surface area contributed by atoms with Gasteiger partial charge in [0.15, 0.2) is 0 Å². The smallest absolute Gasteiger partial charge is 0.00897 e. The van der Waals surface area contributed by atoms with Crippen molar-refractivity contribution in [2.24, 2.45) is 11.1 Å². The van der Waals surface area contributed by atoms with Crippen LogP contribution in [-0.2, 0) is 0 Å². The third kappa shape index (κ3) is 4.97. The predicted octanol–water partition coefficient (Wildman–Crippen LogP) is 2.48. The molecule has 0 aromatic rings. The van der Waals surface area contributed by atoms with Gasteiger partial charge >= 0.3 is 0 Å². The Morgan fingerprint density at radius 2 is 1.86 bits per heavy atom. The number of nitrogens with zero attached hydrogens (tertiary/aromatic N) is 1. The van der Waals surface area contributed by atoms with Crippen molar-refractivity contribution in [2.75, 3.05) is 20.1 Å². The molecule has 0 spiro atoms. The van der Waals surface area contributed by atoms with Crippen LogP contribution >= 0.6 is 0 Å². The van der Waals surface area contributed by atoms with E-state index in [0.717, 1.165) is 19.1 Å². The SMILES string of the molecule is CCCC(CC)N(C)CC(C)(C)CN. The molecule has 0 saturated carbocycles.